The number of hydrogen-bond acceptors (Lipinski definition) is 23. The summed E-state index contributed by atoms with van der Waals surface area (Å²) in [6.07, 6.45) is -26.0. The maximum Gasteiger partial charge on any atom is 0.315 e. The van der Waals surface area contributed by atoms with E-state index in [9.17, 15) is 70.9 Å². The molecule has 0 unspecified atom stereocenters. The van der Waals surface area contributed by atoms with Crippen LogP contribution in [0.4, 0.5) is 0 Å². The number of esters is 1. The number of carbonyl (C=O) groups is 2. The number of fused-ring (bicyclic) bond motifs is 4. The summed E-state index contributed by atoms with van der Waals surface area (Å²) >= 11 is 0. The van der Waals surface area contributed by atoms with Crippen LogP contribution >= 0.6 is 0 Å². The van der Waals surface area contributed by atoms with Gasteiger partial charge in [-0.3, -0.25) is 4.79 Å². The molecule has 10 rings (SSSR count). The number of aldehydes is 1. The Bertz CT molecular complexity index is 2140. The summed E-state index contributed by atoms with van der Waals surface area (Å²) in [6.45, 7) is 12.5. The Balaban J connectivity index is 0.907. The van der Waals surface area contributed by atoms with E-state index in [4.69, 9.17) is 42.6 Å². The van der Waals surface area contributed by atoms with E-state index in [2.05, 4.69) is 34.6 Å². The molecule has 0 aromatic carbocycles. The zero-order chi connectivity index (χ0) is 55.2. The van der Waals surface area contributed by atoms with Gasteiger partial charge >= 0.3 is 5.97 Å². The minimum absolute atomic E-state index is 0.0521. The van der Waals surface area contributed by atoms with E-state index in [1.807, 2.05) is 6.92 Å². The summed E-state index contributed by atoms with van der Waals surface area (Å²) in [6, 6.07) is 0. The van der Waals surface area contributed by atoms with Crippen LogP contribution in [0.5, 0.6) is 0 Å². The van der Waals surface area contributed by atoms with Crippen molar-refractivity contribution in [2.24, 2.45) is 50.2 Å². The van der Waals surface area contributed by atoms with Crippen molar-refractivity contribution in [3.63, 3.8) is 0 Å². The van der Waals surface area contributed by atoms with Crippen molar-refractivity contribution in [2.45, 2.75) is 247 Å². The SMILES string of the molecule is C[C@@H]1O[C@@H](O[C@H]2[C@H](O[C@H]3CO[C@@H](O[C@H]4CC[C@@]5(C)[C@H]6CC[C@]78OC(=O)[C@@]9(CC[C@](C)(C=O)C[C@H]97)[C@H](O)C[C@@]8(C)[C@]6(C)CC[C@H]5C4(C)C)[C@H](O[C@@H]4O[C@H](CO)[C@@H](O)[C@H](O)[C@H]4O)[C@H]3O)O[C@H](CO)[C@@H](O)[C@@H]2O)[C@H](O)[C@H](O)[C@H]1O. The van der Waals surface area contributed by atoms with E-state index in [1.54, 1.807) is 0 Å². The van der Waals surface area contributed by atoms with E-state index in [1.165, 1.54) is 6.92 Å². The van der Waals surface area contributed by atoms with Gasteiger partial charge in [0.15, 0.2) is 25.2 Å². The van der Waals surface area contributed by atoms with E-state index in [-0.39, 0.29) is 34.6 Å². The van der Waals surface area contributed by atoms with Gasteiger partial charge in [0.2, 0.25) is 0 Å². The second-order valence-corrected chi connectivity index (χ2v) is 26.1. The monoisotopic (exact) mass is 1090 g/mol. The fourth-order valence-corrected chi connectivity index (χ4v) is 17.5. The normalized spacial score (nSPS) is 57.8. The van der Waals surface area contributed by atoms with E-state index >= 15 is 0 Å². The first-order chi connectivity index (χ1) is 35.6. The summed E-state index contributed by atoms with van der Waals surface area (Å²) in [7, 11) is 0. The van der Waals surface area contributed by atoms with Crippen molar-refractivity contribution in [1.82, 2.24) is 0 Å². The Morgan fingerprint density at radius 3 is 1.82 bits per heavy atom. The summed E-state index contributed by atoms with van der Waals surface area (Å²) in [5.74, 6) is -0.445. The molecular weight excluding hydrogens is 1000 g/mol. The zero-order valence-corrected chi connectivity index (χ0v) is 44.5. The van der Waals surface area contributed by atoms with Crippen molar-refractivity contribution in [3.05, 3.63) is 0 Å². The third-order valence-electron chi connectivity index (χ3n) is 22.2. The van der Waals surface area contributed by atoms with Gasteiger partial charge in [0, 0.05) is 16.7 Å². The van der Waals surface area contributed by atoms with Crippen molar-refractivity contribution >= 4 is 12.3 Å². The first kappa shape index (κ1) is 57.6. The molecule has 1 spiro atoms. The first-order valence-electron chi connectivity index (χ1n) is 27.6. The smallest absolute Gasteiger partial charge is 0.315 e. The molecule has 0 aromatic rings. The Labute approximate surface area is 442 Å². The summed E-state index contributed by atoms with van der Waals surface area (Å²) < 4.78 is 55.7. The molecule has 5 saturated carbocycles. The third-order valence-corrected chi connectivity index (χ3v) is 22.2. The molecule has 30 atom stereocenters. The molecule has 5 aliphatic carbocycles. The molecule has 0 radical (unpaired) electrons. The predicted octanol–water partition coefficient (Wildman–Crippen LogP) is -1.98. The maximum atomic E-state index is 14.2. The van der Waals surface area contributed by atoms with E-state index < -0.39 is 176 Å². The largest absolute Gasteiger partial charge is 0.458 e. The minimum atomic E-state index is -1.91. The van der Waals surface area contributed by atoms with Gasteiger partial charge in [-0.05, 0) is 99.2 Å². The van der Waals surface area contributed by atoms with Gasteiger partial charge in [0.1, 0.15) is 103 Å². The molecule has 5 heterocycles. The van der Waals surface area contributed by atoms with E-state index in [0.29, 0.717) is 44.9 Å². The molecule has 2 bridgehead atoms. The number of carbonyl (C=O) groups excluding carboxylic acids is 2. The highest BCUT2D eigenvalue weighted by Crippen LogP contribution is 2.81. The fourth-order valence-electron chi connectivity index (χ4n) is 17.5. The highest BCUT2D eigenvalue weighted by molar-refractivity contribution is 5.83. The quantitative estimate of drug-likeness (QED) is 0.0606. The highest BCUT2D eigenvalue weighted by atomic mass is 16.8. The lowest BCUT2D eigenvalue weighted by Gasteiger charge is -2.74. The molecular formula is C53H84O23. The lowest BCUT2D eigenvalue weighted by molar-refractivity contribution is -0.394. The van der Waals surface area contributed by atoms with Crippen LogP contribution in [0.25, 0.3) is 0 Å². The number of aliphatic hydroxyl groups excluding tert-OH is 12. The summed E-state index contributed by atoms with van der Waals surface area (Å²) in [5.41, 5.74) is -4.36. The van der Waals surface area contributed by atoms with Gasteiger partial charge in [-0.15, -0.1) is 0 Å². The van der Waals surface area contributed by atoms with Gasteiger partial charge in [0.05, 0.1) is 38.1 Å². The van der Waals surface area contributed by atoms with Crippen LogP contribution in [0.15, 0.2) is 0 Å². The molecule has 5 saturated heterocycles. The van der Waals surface area contributed by atoms with Crippen LogP contribution < -0.4 is 0 Å². The van der Waals surface area contributed by atoms with Gasteiger partial charge in [-0.25, -0.2) is 0 Å². The Kier molecular flexibility index (Phi) is 15.2. The first-order valence-corrected chi connectivity index (χ1v) is 27.6. The van der Waals surface area contributed by atoms with Crippen LogP contribution in [-0.4, -0.2) is 228 Å². The number of hydrogen-bond donors (Lipinski definition) is 12. The Morgan fingerprint density at radius 1 is 0.579 bits per heavy atom. The number of aliphatic hydroxyl groups is 12. The Hall–Kier alpha value is -1.66. The van der Waals surface area contributed by atoms with Crippen molar-refractivity contribution in [2.75, 3.05) is 19.8 Å². The molecule has 0 amide bonds. The molecule has 434 valence electrons. The molecule has 23 heteroatoms. The van der Waals surface area contributed by atoms with Crippen LogP contribution in [0, 0.1) is 50.2 Å². The minimum Gasteiger partial charge on any atom is -0.458 e. The molecule has 10 aliphatic rings. The summed E-state index contributed by atoms with van der Waals surface area (Å²) in [5, 5.41) is 131. The van der Waals surface area contributed by atoms with Gasteiger partial charge in [-0.2, -0.15) is 0 Å². The van der Waals surface area contributed by atoms with Crippen molar-refractivity contribution < 1.29 is 113 Å². The molecule has 76 heavy (non-hydrogen) atoms. The average molecular weight is 1090 g/mol. The zero-order valence-electron chi connectivity index (χ0n) is 44.5. The van der Waals surface area contributed by atoms with Crippen LogP contribution in [-0.2, 0) is 52.2 Å². The maximum absolute atomic E-state index is 14.2. The second kappa shape index (κ2) is 20.1. The van der Waals surface area contributed by atoms with Crippen LogP contribution in [0.3, 0.4) is 0 Å². The molecule has 0 aromatic heterocycles. The van der Waals surface area contributed by atoms with Crippen LogP contribution in [0.1, 0.15) is 113 Å². The molecule has 5 aliphatic heterocycles. The third kappa shape index (κ3) is 8.32. The predicted molar refractivity (Wildman–Crippen MR) is 255 cm³/mol. The van der Waals surface area contributed by atoms with E-state index in [0.717, 1.165) is 25.5 Å². The fraction of sp³-hybridized carbons (Fsp3) is 0.962. The summed E-state index contributed by atoms with van der Waals surface area (Å²) in [4.78, 5) is 26.8. The average Bonchev–Trinajstić information content (AvgIpc) is 3.85. The van der Waals surface area contributed by atoms with Crippen molar-refractivity contribution in [3.8, 4) is 0 Å². The second-order valence-electron chi connectivity index (χ2n) is 26.1. The Morgan fingerprint density at radius 2 is 1.17 bits per heavy atom. The van der Waals surface area contributed by atoms with Gasteiger partial charge < -0.3 is 109 Å². The highest BCUT2D eigenvalue weighted by Gasteiger charge is 2.83. The standard InChI is InChI=1S/C53H84O23/c1-22-31(58)35(62)38(65)42(69-22)75-41-37(64)33(60)24(19-55)71-45(41)72-25-20-68-44(40(34(25)61)74-43-39(66)36(63)32(59)23(18-54)70-43)73-30-10-11-49(5)26(47(30,2)3)8-12-50(6)27(49)9-13-53-28-16-48(4,21-56)14-15-52(28,46(67)76-53)29(57)17-51(50,53)7/h21-45,54-55,57-66H,8-20H2,1-7H3/t22-,23+,24+,25-,26-,27+,28+,29+,30-,31-,32+,33+,34-,35+,36-,37-,38+,39+,40+,41+,42-,43-,44-,45-,48-,49+,50+,51-,52+,53-/m0/s1. The van der Waals surface area contributed by atoms with Crippen molar-refractivity contribution in [1.29, 1.82) is 0 Å². The molecule has 10 fully saturated rings. The number of ether oxygens (including phenoxy) is 9. The lowest BCUT2D eigenvalue weighted by atomic mass is 9.30. The lowest BCUT2D eigenvalue weighted by Crippen LogP contribution is -2.74. The number of rotatable bonds is 11. The van der Waals surface area contributed by atoms with Crippen LogP contribution in [0.2, 0.25) is 0 Å². The van der Waals surface area contributed by atoms with Gasteiger partial charge in [0.25, 0.3) is 0 Å². The molecule has 23 nitrogen and oxygen atoms in total. The molecule has 12 N–H and O–H groups in total. The topological polar surface area (TPSA) is 360 Å². The van der Waals surface area contributed by atoms with Gasteiger partial charge in [-0.1, -0.05) is 41.5 Å².